The van der Waals surface area contributed by atoms with Gasteiger partial charge < -0.3 is 42.5 Å². The van der Waals surface area contributed by atoms with E-state index in [2.05, 4.69) is 26.6 Å². The van der Waals surface area contributed by atoms with Crippen LogP contribution in [-0.4, -0.2) is 106 Å². The van der Waals surface area contributed by atoms with E-state index in [0.717, 1.165) is 44.3 Å². The van der Waals surface area contributed by atoms with Crippen LogP contribution in [-0.2, 0) is 24.0 Å². The van der Waals surface area contributed by atoms with Crippen LogP contribution in [0.4, 0.5) is 4.79 Å². The Morgan fingerprint density at radius 1 is 1.00 bits per heavy atom. The van der Waals surface area contributed by atoms with Crippen LogP contribution >= 0.6 is 23.5 Å². The zero-order valence-electron chi connectivity index (χ0n) is 23.0. The van der Waals surface area contributed by atoms with Crippen LogP contribution < -0.4 is 32.3 Å². The van der Waals surface area contributed by atoms with E-state index in [-0.39, 0.29) is 42.6 Å². The molecule has 14 nitrogen and oxygen atoms in total. The number of fused-ring (bicyclic) bond motifs is 1. The summed E-state index contributed by atoms with van der Waals surface area (Å²) in [5.74, 6) is -1.73. The monoisotopic (exact) mass is 618 g/mol. The normalized spacial score (nSPS) is 20.7. The van der Waals surface area contributed by atoms with Crippen molar-refractivity contribution in [3.05, 3.63) is 0 Å². The Morgan fingerprint density at radius 3 is 2.51 bits per heavy atom. The number of thioether (sulfide) groups is 2. The third-order valence-corrected chi connectivity index (χ3v) is 9.37. The summed E-state index contributed by atoms with van der Waals surface area (Å²) in [6, 6.07) is -1.84. The average molecular weight is 619 g/mol. The standard InChI is InChI=1S/C25H42N6O8S2/c26-15(24(37)38)8-9-20(33)29-17(23(36)28-12-21(34)35)13-40-11-5-1-4-10-27-19(32)7-3-2-6-18-22-16(14-41-18)30-25(39)31-22/h15-18,22H,1-14,26H2,(H,27,32)(H,28,36)(H,29,33)(H,34,35)(H,37,38)(H2,30,31,39). The molecule has 2 fully saturated rings. The van der Waals surface area contributed by atoms with Gasteiger partial charge in [-0.2, -0.15) is 23.5 Å². The topological polar surface area (TPSA) is 229 Å². The fourth-order valence-corrected chi connectivity index (χ4v) is 7.03. The van der Waals surface area contributed by atoms with Gasteiger partial charge in [0.2, 0.25) is 17.7 Å². The lowest BCUT2D eigenvalue weighted by Gasteiger charge is -2.18. The van der Waals surface area contributed by atoms with E-state index in [9.17, 15) is 28.8 Å². The average Bonchev–Trinajstić information content (AvgIpc) is 3.47. The Labute approximate surface area is 247 Å². The summed E-state index contributed by atoms with van der Waals surface area (Å²) in [6.45, 7) is 0.00149. The fraction of sp³-hybridized carbons (Fsp3) is 0.760. The van der Waals surface area contributed by atoms with E-state index in [4.69, 9.17) is 15.9 Å². The minimum Gasteiger partial charge on any atom is -0.480 e. The second-order valence-corrected chi connectivity index (χ2v) is 12.5. The van der Waals surface area contributed by atoms with Crippen LogP contribution in [0.2, 0.25) is 0 Å². The maximum absolute atomic E-state index is 12.3. The molecule has 2 aliphatic rings. The summed E-state index contributed by atoms with van der Waals surface area (Å²) in [5.41, 5.74) is 5.40. The molecule has 232 valence electrons. The first kappa shape index (κ1) is 34.5. The molecule has 0 aromatic carbocycles. The summed E-state index contributed by atoms with van der Waals surface area (Å²) in [4.78, 5) is 69.6. The second kappa shape index (κ2) is 18.7. The molecule has 0 spiro atoms. The molecule has 2 saturated heterocycles. The lowest BCUT2D eigenvalue weighted by atomic mass is 10.0. The van der Waals surface area contributed by atoms with Gasteiger partial charge in [0.05, 0.1) is 12.1 Å². The second-order valence-electron chi connectivity index (χ2n) is 10.1. The summed E-state index contributed by atoms with van der Waals surface area (Å²) in [6.07, 6.45) is 5.44. The number of nitrogens with one attached hydrogen (secondary N) is 5. The van der Waals surface area contributed by atoms with Crippen molar-refractivity contribution in [2.45, 2.75) is 87.2 Å². The van der Waals surface area contributed by atoms with Crippen molar-refractivity contribution in [2.75, 3.05) is 30.3 Å². The number of hydrogen-bond donors (Lipinski definition) is 8. The molecule has 2 rings (SSSR count). The van der Waals surface area contributed by atoms with Gasteiger partial charge in [0, 0.05) is 36.1 Å². The number of aliphatic carboxylic acids is 2. The van der Waals surface area contributed by atoms with Crippen molar-refractivity contribution < 1.29 is 39.0 Å². The van der Waals surface area contributed by atoms with Crippen LogP contribution in [0.1, 0.15) is 57.8 Å². The minimum absolute atomic E-state index is 0.0300. The molecule has 0 aromatic heterocycles. The van der Waals surface area contributed by atoms with E-state index < -0.39 is 42.4 Å². The van der Waals surface area contributed by atoms with Gasteiger partial charge in [-0.25, -0.2) is 4.79 Å². The van der Waals surface area contributed by atoms with E-state index in [1.54, 1.807) is 0 Å². The Morgan fingerprint density at radius 2 is 1.78 bits per heavy atom. The Kier molecular flexibility index (Phi) is 15.7. The first-order chi connectivity index (χ1) is 19.6. The van der Waals surface area contributed by atoms with Crippen LogP contribution in [0.25, 0.3) is 0 Å². The SMILES string of the molecule is NC(CCC(=O)NC(CSCCCCCNC(=O)CCCCC1SCC2NC(=O)NC21)C(=O)NCC(=O)O)C(=O)O. The fourth-order valence-electron chi connectivity index (χ4n) is 4.44. The number of carbonyl (C=O) groups is 6. The molecule has 5 amide bonds. The third-order valence-electron chi connectivity index (χ3n) is 6.72. The number of carboxylic acids is 2. The highest BCUT2D eigenvalue weighted by atomic mass is 32.2. The third kappa shape index (κ3) is 13.7. The van der Waals surface area contributed by atoms with Gasteiger partial charge in [-0.3, -0.25) is 24.0 Å². The first-order valence-corrected chi connectivity index (χ1v) is 16.1. The molecule has 2 aliphatic heterocycles. The smallest absolute Gasteiger partial charge is 0.322 e. The molecule has 0 bridgehead atoms. The van der Waals surface area contributed by atoms with Gasteiger partial charge in [-0.1, -0.05) is 12.8 Å². The molecular formula is C25H42N6O8S2. The van der Waals surface area contributed by atoms with Crippen molar-refractivity contribution in [2.24, 2.45) is 5.73 Å². The summed E-state index contributed by atoms with van der Waals surface area (Å²) >= 11 is 3.30. The van der Waals surface area contributed by atoms with E-state index in [0.29, 0.717) is 24.0 Å². The van der Waals surface area contributed by atoms with E-state index in [1.807, 2.05) is 11.8 Å². The van der Waals surface area contributed by atoms with Gasteiger partial charge in [0.1, 0.15) is 18.6 Å². The Balaban J connectivity index is 1.53. The van der Waals surface area contributed by atoms with Gasteiger partial charge in [0.15, 0.2) is 0 Å². The molecule has 0 aromatic rings. The zero-order valence-corrected chi connectivity index (χ0v) is 24.7. The summed E-state index contributed by atoms with van der Waals surface area (Å²) in [5, 5.41) is 31.6. The van der Waals surface area contributed by atoms with Crippen molar-refractivity contribution in [3.8, 4) is 0 Å². The highest BCUT2D eigenvalue weighted by molar-refractivity contribution is 8.00. The van der Waals surface area contributed by atoms with Crippen molar-refractivity contribution in [1.29, 1.82) is 0 Å². The molecule has 41 heavy (non-hydrogen) atoms. The molecule has 0 saturated carbocycles. The number of carbonyl (C=O) groups excluding carboxylic acids is 4. The molecule has 0 radical (unpaired) electrons. The van der Waals surface area contributed by atoms with Gasteiger partial charge in [-0.05, 0) is 37.9 Å². The molecular weight excluding hydrogens is 576 g/mol. The Bertz CT molecular complexity index is 927. The number of nitrogens with two attached hydrogens (primary N) is 1. The van der Waals surface area contributed by atoms with Crippen LogP contribution in [0.15, 0.2) is 0 Å². The Hall–Kier alpha value is -2.72. The van der Waals surface area contributed by atoms with Crippen molar-refractivity contribution in [1.82, 2.24) is 26.6 Å². The number of carboxylic acid groups (broad SMARTS) is 2. The lowest BCUT2D eigenvalue weighted by molar-refractivity contribution is -0.139. The number of hydrogen-bond acceptors (Lipinski definition) is 9. The van der Waals surface area contributed by atoms with Gasteiger partial charge in [0.25, 0.3) is 0 Å². The predicted octanol–water partition coefficient (Wildman–Crippen LogP) is -0.390. The zero-order chi connectivity index (χ0) is 30.2. The number of urea groups is 1. The lowest BCUT2D eigenvalue weighted by Crippen LogP contribution is -2.49. The van der Waals surface area contributed by atoms with Crippen LogP contribution in [0.5, 0.6) is 0 Å². The molecule has 2 heterocycles. The minimum atomic E-state index is -1.23. The van der Waals surface area contributed by atoms with Crippen molar-refractivity contribution in [3.63, 3.8) is 0 Å². The maximum atomic E-state index is 12.3. The van der Waals surface area contributed by atoms with Gasteiger partial charge in [-0.15, -0.1) is 0 Å². The molecule has 5 atom stereocenters. The van der Waals surface area contributed by atoms with E-state index in [1.165, 1.54) is 11.8 Å². The largest absolute Gasteiger partial charge is 0.480 e. The first-order valence-electron chi connectivity index (χ1n) is 13.9. The van der Waals surface area contributed by atoms with Crippen LogP contribution in [0, 0.1) is 0 Å². The molecule has 9 N–H and O–H groups in total. The van der Waals surface area contributed by atoms with Crippen molar-refractivity contribution >= 4 is 59.2 Å². The quantitative estimate of drug-likeness (QED) is 0.0610. The number of unbranched alkanes of at least 4 members (excludes halogenated alkanes) is 3. The molecule has 0 aliphatic carbocycles. The highest BCUT2D eigenvalue weighted by Gasteiger charge is 2.42. The van der Waals surface area contributed by atoms with E-state index >= 15 is 0 Å². The molecule has 5 unspecified atom stereocenters. The van der Waals surface area contributed by atoms with Crippen LogP contribution in [0.3, 0.4) is 0 Å². The summed E-state index contributed by atoms with van der Waals surface area (Å²) in [7, 11) is 0. The summed E-state index contributed by atoms with van der Waals surface area (Å²) < 4.78 is 0. The number of rotatable bonds is 21. The highest BCUT2D eigenvalue weighted by Crippen LogP contribution is 2.33. The maximum Gasteiger partial charge on any atom is 0.322 e. The number of amides is 5. The van der Waals surface area contributed by atoms with Gasteiger partial charge >= 0.3 is 18.0 Å². The predicted molar refractivity (Wildman–Crippen MR) is 156 cm³/mol. The molecule has 16 heteroatoms.